The van der Waals surface area contributed by atoms with Crippen LogP contribution in [-0.4, -0.2) is 90.4 Å². The molecule has 0 aliphatic heterocycles. The molecule has 24 heavy (non-hydrogen) atoms. The van der Waals surface area contributed by atoms with Crippen molar-refractivity contribution in [3.63, 3.8) is 0 Å². The lowest BCUT2D eigenvalue weighted by molar-refractivity contribution is -0.141. The van der Waals surface area contributed by atoms with Crippen LogP contribution in [0.3, 0.4) is 0 Å². The quantitative estimate of drug-likeness (QED) is 0.365. The van der Waals surface area contributed by atoms with Gasteiger partial charge in [-0.25, -0.2) is 0 Å². The summed E-state index contributed by atoms with van der Waals surface area (Å²) >= 11 is 0. The van der Waals surface area contributed by atoms with Gasteiger partial charge in [0.05, 0.1) is 71.5 Å². The maximum atomic E-state index is 10.9. The molecule has 0 saturated heterocycles. The Morgan fingerprint density at radius 1 is 0.833 bits per heavy atom. The van der Waals surface area contributed by atoms with Gasteiger partial charge < -0.3 is 33.5 Å². The molecular weight excluding hydrogens is 320 g/mol. The van der Waals surface area contributed by atoms with Crippen LogP contribution in [-0.2, 0) is 33.2 Å². The van der Waals surface area contributed by atoms with Crippen LogP contribution in [0.15, 0.2) is 0 Å². The van der Waals surface area contributed by atoms with Crippen molar-refractivity contribution in [3.8, 4) is 0 Å². The first kappa shape index (κ1) is 23.2. The van der Waals surface area contributed by atoms with Gasteiger partial charge in [-0.05, 0) is 6.92 Å². The van der Waals surface area contributed by atoms with Gasteiger partial charge in [-0.15, -0.1) is 0 Å². The van der Waals surface area contributed by atoms with Crippen molar-refractivity contribution in [3.05, 3.63) is 0 Å². The number of aliphatic carboxylic acids is 1. The van der Waals surface area contributed by atoms with E-state index in [0.29, 0.717) is 59.3 Å². The van der Waals surface area contributed by atoms with Gasteiger partial charge in [-0.2, -0.15) is 0 Å². The molecule has 2 unspecified atom stereocenters. The molecule has 0 saturated carbocycles. The van der Waals surface area contributed by atoms with Crippen LogP contribution in [0, 0.1) is 0 Å². The highest BCUT2D eigenvalue weighted by atomic mass is 16.6. The topological polar surface area (TPSA) is 92.7 Å². The standard InChI is InChI=1S/C16H32O8/c1-14(23-10-5-20-3)12-15(13-16(17)18)24-11-9-22-8-7-21-6-4-19-2/h14-15H,4-13H2,1-3H3,(H,17,18). The van der Waals surface area contributed by atoms with Crippen molar-refractivity contribution >= 4 is 5.97 Å². The van der Waals surface area contributed by atoms with Crippen molar-refractivity contribution in [2.45, 2.75) is 32.0 Å². The molecular formula is C16H32O8. The summed E-state index contributed by atoms with van der Waals surface area (Å²) in [7, 11) is 3.22. The van der Waals surface area contributed by atoms with Crippen molar-refractivity contribution in [1.29, 1.82) is 0 Å². The first-order valence-electron chi connectivity index (χ1n) is 8.18. The second-order valence-electron chi connectivity index (χ2n) is 5.22. The molecule has 0 aliphatic rings. The minimum atomic E-state index is -0.892. The summed E-state index contributed by atoms with van der Waals surface area (Å²) in [5.74, 6) is -0.892. The molecule has 0 aromatic heterocycles. The third-order valence-electron chi connectivity index (χ3n) is 3.07. The van der Waals surface area contributed by atoms with Crippen LogP contribution >= 0.6 is 0 Å². The number of methoxy groups -OCH3 is 2. The van der Waals surface area contributed by atoms with Gasteiger partial charge in [0.15, 0.2) is 0 Å². The predicted octanol–water partition coefficient (Wildman–Crippen LogP) is 0.968. The minimum Gasteiger partial charge on any atom is -0.481 e. The van der Waals surface area contributed by atoms with Crippen molar-refractivity contribution in [2.75, 3.05) is 67.1 Å². The van der Waals surface area contributed by atoms with Crippen LogP contribution < -0.4 is 0 Å². The highest BCUT2D eigenvalue weighted by Crippen LogP contribution is 2.10. The molecule has 8 heteroatoms. The van der Waals surface area contributed by atoms with E-state index in [2.05, 4.69) is 0 Å². The van der Waals surface area contributed by atoms with Crippen LogP contribution in [0.2, 0.25) is 0 Å². The molecule has 0 spiro atoms. The summed E-state index contributed by atoms with van der Waals surface area (Å²) in [4.78, 5) is 10.9. The van der Waals surface area contributed by atoms with Crippen LogP contribution in [0.4, 0.5) is 0 Å². The lowest BCUT2D eigenvalue weighted by Crippen LogP contribution is -2.26. The Labute approximate surface area is 144 Å². The third-order valence-corrected chi connectivity index (χ3v) is 3.07. The van der Waals surface area contributed by atoms with E-state index in [9.17, 15) is 4.79 Å². The molecule has 0 aromatic carbocycles. The Kier molecular flexibility index (Phi) is 16.5. The zero-order valence-corrected chi connectivity index (χ0v) is 15.0. The van der Waals surface area contributed by atoms with Gasteiger partial charge in [0.2, 0.25) is 0 Å². The highest BCUT2D eigenvalue weighted by Gasteiger charge is 2.17. The van der Waals surface area contributed by atoms with E-state index in [1.807, 2.05) is 6.92 Å². The Balaban J connectivity index is 3.76. The number of carboxylic acid groups (broad SMARTS) is 1. The fourth-order valence-electron chi connectivity index (χ4n) is 1.91. The molecule has 0 amide bonds. The molecule has 0 heterocycles. The Hall–Kier alpha value is -0.770. The molecule has 0 fully saturated rings. The van der Waals surface area contributed by atoms with E-state index in [0.717, 1.165) is 0 Å². The molecule has 0 bridgehead atoms. The number of hydrogen-bond acceptors (Lipinski definition) is 7. The molecule has 0 aromatic rings. The fourth-order valence-corrected chi connectivity index (χ4v) is 1.91. The van der Waals surface area contributed by atoms with E-state index in [4.69, 9.17) is 33.5 Å². The van der Waals surface area contributed by atoms with E-state index in [1.54, 1.807) is 14.2 Å². The molecule has 1 N–H and O–H groups in total. The molecule has 0 rings (SSSR count). The van der Waals surface area contributed by atoms with Crippen LogP contribution in [0.5, 0.6) is 0 Å². The van der Waals surface area contributed by atoms with Gasteiger partial charge in [0.25, 0.3) is 0 Å². The van der Waals surface area contributed by atoms with Gasteiger partial charge >= 0.3 is 5.97 Å². The molecule has 144 valence electrons. The molecule has 0 aliphatic carbocycles. The van der Waals surface area contributed by atoms with Crippen LogP contribution in [0.25, 0.3) is 0 Å². The normalized spacial score (nSPS) is 13.8. The maximum absolute atomic E-state index is 10.9. The summed E-state index contributed by atoms with van der Waals surface area (Å²) < 4.78 is 31.5. The predicted molar refractivity (Wildman–Crippen MR) is 87.4 cm³/mol. The maximum Gasteiger partial charge on any atom is 0.305 e. The van der Waals surface area contributed by atoms with E-state index >= 15 is 0 Å². The Bertz CT molecular complexity index is 287. The first-order valence-corrected chi connectivity index (χ1v) is 8.18. The molecule has 0 radical (unpaired) electrons. The van der Waals surface area contributed by atoms with E-state index in [1.165, 1.54) is 0 Å². The molecule has 8 nitrogen and oxygen atoms in total. The SMILES string of the molecule is COCCOCCOCCOC(CC(=O)O)CC(C)OCCOC. The zero-order valence-electron chi connectivity index (χ0n) is 15.0. The monoisotopic (exact) mass is 352 g/mol. The van der Waals surface area contributed by atoms with Crippen molar-refractivity contribution in [2.24, 2.45) is 0 Å². The highest BCUT2D eigenvalue weighted by molar-refractivity contribution is 5.67. The summed E-state index contributed by atoms with van der Waals surface area (Å²) in [5.41, 5.74) is 0. The summed E-state index contributed by atoms with van der Waals surface area (Å²) in [6.45, 7) is 5.66. The summed E-state index contributed by atoms with van der Waals surface area (Å²) in [6, 6.07) is 0. The summed E-state index contributed by atoms with van der Waals surface area (Å²) in [6.07, 6.45) is -0.0463. The van der Waals surface area contributed by atoms with Crippen molar-refractivity contribution < 1.29 is 38.3 Å². The average molecular weight is 352 g/mol. The smallest absolute Gasteiger partial charge is 0.305 e. The number of carboxylic acids is 1. The van der Waals surface area contributed by atoms with Gasteiger partial charge in [0, 0.05) is 20.6 Å². The Morgan fingerprint density at radius 2 is 1.33 bits per heavy atom. The Morgan fingerprint density at radius 3 is 1.92 bits per heavy atom. The van der Waals surface area contributed by atoms with Crippen molar-refractivity contribution in [1.82, 2.24) is 0 Å². The molecule has 2 atom stereocenters. The zero-order chi connectivity index (χ0) is 18.0. The van der Waals surface area contributed by atoms with Gasteiger partial charge in [-0.3, -0.25) is 4.79 Å². The first-order chi connectivity index (χ1) is 11.6. The largest absolute Gasteiger partial charge is 0.481 e. The second kappa shape index (κ2) is 17.1. The van der Waals surface area contributed by atoms with Gasteiger partial charge in [0.1, 0.15) is 0 Å². The lowest BCUT2D eigenvalue weighted by Gasteiger charge is -2.20. The number of carbonyl (C=O) groups is 1. The number of rotatable bonds is 18. The second-order valence-corrected chi connectivity index (χ2v) is 5.22. The lowest BCUT2D eigenvalue weighted by atomic mass is 10.1. The third kappa shape index (κ3) is 16.1. The minimum absolute atomic E-state index is 0.0574. The fraction of sp³-hybridized carbons (Fsp3) is 0.938. The van der Waals surface area contributed by atoms with Gasteiger partial charge in [-0.1, -0.05) is 0 Å². The van der Waals surface area contributed by atoms with Crippen LogP contribution in [0.1, 0.15) is 19.8 Å². The number of hydrogen-bond donors (Lipinski definition) is 1. The van der Waals surface area contributed by atoms with E-state index < -0.39 is 12.1 Å². The number of ether oxygens (including phenoxy) is 6. The average Bonchev–Trinajstić information content (AvgIpc) is 2.53. The van der Waals surface area contributed by atoms with E-state index in [-0.39, 0.29) is 12.5 Å². The summed E-state index contributed by atoms with van der Waals surface area (Å²) in [5, 5.41) is 8.96.